The van der Waals surface area contributed by atoms with E-state index in [2.05, 4.69) is 5.10 Å². The highest BCUT2D eigenvalue weighted by molar-refractivity contribution is 7.91. The van der Waals surface area contributed by atoms with Gasteiger partial charge in [0.05, 0.1) is 34.3 Å². The Morgan fingerprint density at radius 2 is 1.76 bits per heavy atom. The van der Waals surface area contributed by atoms with Crippen molar-refractivity contribution in [1.82, 2.24) is 9.61 Å². The molecule has 0 aliphatic heterocycles. The molecule has 0 N–H and O–H groups in total. The Kier molecular flexibility index (Phi) is 5.85. The smallest absolute Gasteiger partial charge is 0.340 e. The van der Waals surface area contributed by atoms with Crippen molar-refractivity contribution < 1.29 is 22.7 Å². The highest BCUT2D eigenvalue weighted by atomic mass is 32.2. The van der Waals surface area contributed by atoms with Crippen LogP contribution in [0.25, 0.3) is 5.52 Å². The van der Waals surface area contributed by atoms with Gasteiger partial charge in [0, 0.05) is 6.20 Å². The van der Waals surface area contributed by atoms with E-state index in [1.807, 2.05) is 24.3 Å². The van der Waals surface area contributed by atoms with Crippen LogP contribution < -0.4 is 4.74 Å². The van der Waals surface area contributed by atoms with E-state index in [0.717, 1.165) is 0 Å². The van der Waals surface area contributed by atoms with Crippen molar-refractivity contribution in [3.63, 3.8) is 0 Å². The molecule has 0 atom stereocenters. The molecule has 2 heterocycles. The normalized spacial score (nSPS) is 11.2. The van der Waals surface area contributed by atoms with Gasteiger partial charge in [-0.15, -0.1) is 0 Å². The Labute approximate surface area is 190 Å². The molecule has 0 unspecified atom stereocenters. The number of carbonyl (C=O) groups excluding carboxylic acids is 1. The minimum Gasteiger partial charge on any atom is -0.462 e. The maximum Gasteiger partial charge on any atom is 0.340 e. The van der Waals surface area contributed by atoms with Crippen molar-refractivity contribution in [2.24, 2.45) is 0 Å². The van der Waals surface area contributed by atoms with Gasteiger partial charge in [-0.3, -0.25) is 0 Å². The third-order valence-electron chi connectivity index (χ3n) is 5.01. The molecule has 0 spiro atoms. The highest BCUT2D eigenvalue weighted by Crippen LogP contribution is 2.32. The molecular formula is C24H19N3O5S. The molecule has 0 amide bonds. The number of sulfone groups is 1. The number of aryl methyl sites for hydroxylation is 1. The number of hydrogen-bond donors (Lipinski definition) is 0. The number of esters is 1. The van der Waals surface area contributed by atoms with Gasteiger partial charge in [-0.2, -0.15) is 10.4 Å². The number of fused-ring (bicyclic) bond motifs is 1. The zero-order valence-electron chi connectivity index (χ0n) is 17.8. The number of rotatable bonds is 6. The lowest BCUT2D eigenvalue weighted by molar-refractivity contribution is 0.0525. The molecule has 0 fully saturated rings. The summed E-state index contributed by atoms with van der Waals surface area (Å²) in [5.41, 5.74) is 0.577. The van der Waals surface area contributed by atoms with E-state index in [1.54, 1.807) is 38.1 Å². The summed E-state index contributed by atoms with van der Waals surface area (Å²) < 4.78 is 39.3. The van der Waals surface area contributed by atoms with Gasteiger partial charge in [-0.05, 0) is 55.8 Å². The van der Waals surface area contributed by atoms with Gasteiger partial charge in [-0.25, -0.2) is 17.7 Å². The van der Waals surface area contributed by atoms with Crippen LogP contribution in [0.2, 0.25) is 0 Å². The van der Waals surface area contributed by atoms with E-state index in [1.165, 1.54) is 29.0 Å². The molecule has 2 aromatic carbocycles. The Morgan fingerprint density at radius 1 is 1.09 bits per heavy atom. The predicted molar refractivity (Wildman–Crippen MR) is 119 cm³/mol. The zero-order chi connectivity index (χ0) is 23.6. The van der Waals surface area contributed by atoms with E-state index < -0.39 is 15.8 Å². The first kappa shape index (κ1) is 22.0. The third-order valence-corrected chi connectivity index (χ3v) is 6.85. The lowest BCUT2D eigenvalue weighted by Crippen LogP contribution is -2.09. The molecule has 8 nitrogen and oxygen atoms in total. The highest BCUT2D eigenvalue weighted by Gasteiger charge is 2.29. The van der Waals surface area contributed by atoms with Crippen LogP contribution in [0.4, 0.5) is 0 Å². The van der Waals surface area contributed by atoms with Gasteiger partial charge < -0.3 is 9.47 Å². The zero-order valence-corrected chi connectivity index (χ0v) is 18.7. The Hall–Kier alpha value is -4.16. The molecule has 0 radical (unpaired) electrons. The summed E-state index contributed by atoms with van der Waals surface area (Å²) in [6.07, 6.45) is 2.57. The summed E-state index contributed by atoms with van der Waals surface area (Å²) in [5, 5.41) is 13.7. The fourth-order valence-corrected chi connectivity index (χ4v) is 5.07. The summed E-state index contributed by atoms with van der Waals surface area (Å²) in [5.74, 6) is 0.486. The molecular weight excluding hydrogens is 442 g/mol. The fourth-order valence-electron chi connectivity index (χ4n) is 3.45. The van der Waals surface area contributed by atoms with Crippen molar-refractivity contribution >= 4 is 21.3 Å². The topological polar surface area (TPSA) is 111 Å². The number of nitrogens with zero attached hydrogens (tertiary/aromatic N) is 3. The van der Waals surface area contributed by atoms with Crippen LogP contribution in [0.3, 0.4) is 0 Å². The summed E-state index contributed by atoms with van der Waals surface area (Å²) in [4.78, 5) is 12.1. The second-order valence-corrected chi connectivity index (χ2v) is 8.96. The first-order chi connectivity index (χ1) is 15.9. The average molecular weight is 461 g/mol. The monoisotopic (exact) mass is 461 g/mol. The quantitative estimate of drug-likeness (QED) is 0.393. The van der Waals surface area contributed by atoms with Crippen LogP contribution in [0.15, 0.2) is 76.8 Å². The lowest BCUT2D eigenvalue weighted by Gasteiger charge is -2.11. The van der Waals surface area contributed by atoms with Crippen molar-refractivity contribution in [3.8, 4) is 17.6 Å². The number of nitriles is 1. The van der Waals surface area contributed by atoms with Crippen LogP contribution >= 0.6 is 0 Å². The molecule has 0 saturated carbocycles. The minimum atomic E-state index is -4.14. The molecule has 4 rings (SSSR count). The van der Waals surface area contributed by atoms with Gasteiger partial charge in [0.1, 0.15) is 22.5 Å². The van der Waals surface area contributed by atoms with Gasteiger partial charge in [0.15, 0.2) is 0 Å². The van der Waals surface area contributed by atoms with Crippen LogP contribution in [0.1, 0.15) is 28.4 Å². The number of ether oxygens (including phenoxy) is 2. The first-order valence-electron chi connectivity index (χ1n) is 10.0. The number of benzene rings is 2. The molecule has 2 aromatic heterocycles. The number of hydrogen-bond acceptors (Lipinski definition) is 7. The number of para-hydroxylation sites is 1. The van der Waals surface area contributed by atoms with Crippen molar-refractivity contribution in [3.05, 3.63) is 83.7 Å². The minimum absolute atomic E-state index is 0.0224. The summed E-state index contributed by atoms with van der Waals surface area (Å²) >= 11 is 0. The average Bonchev–Trinajstić information content (AvgIpc) is 3.16. The van der Waals surface area contributed by atoms with E-state index in [4.69, 9.17) is 9.47 Å². The predicted octanol–water partition coefficient (Wildman–Crippen LogP) is 4.32. The maximum atomic E-state index is 13.6. The largest absolute Gasteiger partial charge is 0.462 e. The standard InChI is InChI=1S/C24H19N3O5S/c1-3-31-24(28)21-15-27-22(16(21)2)23(17(13-25)14-26-27)33(29,30)20-11-9-19(10-12-20)32-18-7-5-4-6-8-18/h4-12,14-15H,3H2,1-2H3. The van der Waals surface area contributed by atoms with Crippen molar-refractivity contribution in [2.75, 3.05) is 6.61 Å². The van der Waals surface area contributed by atoms with Crippen LogP contribution in [-0.2, 0) is 14.6 Å². The van der Waals surface area contributed by atoms with E-state index in [-0.39, 0.29) is 33.0 Å². The molecule has 4 aromatic rings. The number of aromatic nitrogens is 2. The molecule has 166 valence electrons. The Bertz CT molecular complexity index is 1490. The van der Waals surface area contributed by atoms with Crippen molar-refractivity contribution in [2.45, 2.75) is 23.6 Å². The molecule has 33 heavy (non-hydrogen) atoms. The van der Waals surface area contributed by atoms with Gasteiger partial charge in [0.25, 0.3) is 0 Å². The maximum absolute atomic E-state index is 13.6. The van der Waals surface area contributed by atoms with Crippen LogP contribution in [-0.4, -0.2) is 30.6 Å². The SMILES string of the molecule is CCOC(=O)c1cn2ncc(C#N)c(S(=O)(=O)c3ccc(Oc4ccccc4)cc3)c2c1C. The Balaban J connectivity index is 1.81. The van der Waals surface area contributed by atoms with Gasteiger partial charge in [0.2, 0.25) is 9.84 Å². The Morgan fingerprint density at radius 3 is 2.39 bits per heavy atom. The van der Waals surface area contributed by atoms with E-state index in [0.29, 0.717) is 17.1 Å². The van der Waals surface area contributed by atoms with Crippen molar-refractivity contribution in [1.29, 1.82) is 5.26 Å². The number of carbonyl (C=O) groups is 1. The molecule has 0 aliphatic carbocycles. The van der Waals surface area contributed by atoms with Gasteiger partial charge >= 0.3 is 5.97 Å². The lowest BCUT2D eigenvalue weighted by atomic mass is 10.2. The summed E-state index contributed by atoms with van der Waals surface area (Å²) in [6.45, 7) is 3.44. The van der Waals surface area contributed by atoms with E-state index >= 15 is 0 Å². The summed E-state index contributed by atoms with van der Waals surface area (Å²) in [7, 11) is -4.14. The van der Waals surface area contributed by atoms with Crippen LogP contribution in [0, 0.1) is 18.3 Å². The molecule has 9 heteroatoms. The fraction of sp³-hybridized carbons (Fsp3) is 0.125. The first-order valence-corrected chi connectivity index (χ1v) is 11.5. The van der Waals surface area contributed by atoms with E-state index in [9.17, 15) is 18.5 Å². The second kappa shape index (κ2) is 8.76. The van der Waals surface area contributed by atoms with Crippen LogP contribution in [0.5, 0.6) is 11.5 Å². The molecule has 0 saturated heterocycles. The second-order valence-electron chi connectivity index (χ2n) is 7.07. The van der Waals surface area contributed by atoms with Gasteiger partial charge in [-0.1, -0.05) is 18.2 Å². The molecule has 0 bridgehead atoms. The third kappa shape index (κ3) is 4.04. The molecule has 0 aliphatic rings. The summed E-state index contributed by atoms with van der Waals surface area (Å²) in [6, 6.07) is 16.9.